The van der Waals surface area contributed by atoms with Crippen molar-refractivity contribution in [2.75, 3.05) is 18.6 Å². The Morgan fingerprint density at radius 3 is 2.58 bits per heavy atom. The van der Waals surface area contributed by atoms with Gasteiger partial charge in [0.2, 0.25) is 10.0 Å². The van der Waals surface area contributed by atoms with Crippen molar-refractivity contribution in [3.8, 4) is 0 Å². The van der Waals surface area contributed by atoms with Crippen LogP contribution in [0.1, 0.15) is 21.5 Å². The van der Waals surface area contributed by atoms with Gasteiger partial charge in [0, 0.05) is 17.0 Å². The molecule has 2 N–H and O–H groups in total. The molecule has 2 aromatic carbocycles. The van der Waals surface area contributed by atoms with Crippen molar-refractivity contribution >= 4 is 33.4 Å². The number of hydrogen-bond acceptors (Lipinski definition) is 4. The summed E-state index contributed by atoms with van der Waals surface area (Å²) in [7, 11) is -2.21. The van der Waals surface area contributed by atoms with Crippen LogP contribution < -0.4 is 10.0 Å². The maximum absolute atomic E-state index is 12.4. The first-order valence-electron chi connectivity index (χ1n) is 7.31. The fraction of sp³-hybridized carbons (Fsp3) is 0.235. The summed E-state index contributed by atoms with van der Waals surface area (Å²) in [4.78, 5) is 12.6. The first-order chi connectivity index (χ1) is 11.4. The number of hydrogen-bond donors (Lipinski definition) is 2. The number of carbonyl (C=O) groups excluding carboxylic acids is 1. The van der Waals surface area contributed by atoms with Crippen molar-refractivity contribution in [2.24, 2.45) is 0 Å². The van der Waals surface area contributed by atoms with Gasteiger partial charge < -0.3 is 5.32 Å². The monoisotopic (exact) mass is 364 g/mol. The van der Waals surface area contributed by atoms with Crippen LogP contribution in [0.3, 0.4) is 0 Å². The average Bonchev–Trinajstić information content (AvgIpc) is 2.57. The van der Waals surface area contributed by atoms with Crippen LogP contribution >= 0.6 is 11.8 Å². The third kappa shape index (κ3) is 4.37. The topological polar surface area (TPSA) is 75.3 Å². The first kappa shape index (κ1) is 18.5. The van der Waals surface area contributed by atoms with Gasteiger partial charge in [-0.25, -0.2) is 13.1 Å². The highest BCUT2D eigenvalue weighted by Crippen LogP contribution is 2.21. The van der Waals surface area contributed by atoms with E-state index < -0.39 is 10.0 Å². The van der Waals surface area contributed by atoms with Crippen LogP contribution in [0.15, 0.2) is 47.4 Å². The predicted octanol–water partition coefficient (Wildman–Crippen LogP) is 3.02. The van der Waals surface area contributed by atoms with E-state index >= 15 is 0 Å². The highest BCUT2D eigenvalue weighted by Gasteiger charge is 2.16. The number of nitrogens with one attached hydrogen (secondary N) is 2. The molecule has 24 heavy (non-hydrogen) atoms. The molecule has 0 aliphatic carbocycles. The highest BCUT2D eigenvalue weighted by atomic mass is 32.2. The van der Waals surface area contributed by atoms with Crippen molar-refractivity contribution in [2.45, 2.75) is 17.6 Å². The molecule has 0 saturated heterocycles. The Hall–Kier alpha value is -1.83. The van der Waals surface area contributed by atoms with Gasteiger partial charge in [-0.1, -0.05) is 18.2 Å². The maximum Gasteiger partial charge on any atom is 0.255 e. The van der Waals surface area contributed by atoms with Crippen molar-refractivity contribution < 1.29 is 13.2 Å². The smallest absolute Gasteiger partial charge is 0.255 e. The molecule has 2 aromatic rings. The van der Waals surface area contributed by atoms with Gasteiger partial charge in [-0.05, 0) is 55.6 Å². The van der Waals surface area contributed by atoms with E-state index in [4.69, 9.17) is 0 Å². The van der Waals surface area contributed by atoms with E-state index in [-0.39, 0.29) is 10.8 Å². The van der Waals surface area contributed by atoms with E-state index in [1.54, 1.807) is 36.9 Å². The fourth-order valence-corrected chi connectivity index (χ4v) is 3.76. The molecule has 0 spiro atoms. The molecule has 0 saturated carbocycles. The molecular weight excluding hydrogens is 344 g/mol. The summed E-state index contributed by atoms with van der Waals surface area (Å²) in [5, 5.41) is 2.75. The molecule has 0 fully saturated rings. The number of anilines is 1. The molecule has 0 radical (unpaired) electrons. The zero-order valence-corrected chi connectivity index (χ0v) is 15.4. The van der Waals surface area contributed by atoms with E-state index in [1.165, 1.54) is 13.1 Å². The minimum Gasteiger partial charge on any atom is -0.322 e. The second kappa shape index (κ2) is 7.83. The molecule has 0 aromatic heterocycles. The number of rotatable bonds is 6. The molecule has 0 atom stereocenters. The van der Waals surface area contributed by atoms with Gasteiger partial charge in [-0.15, -0.1) is 0 Å². The van der Waals surface area contributed by atoms with E-state index in [0.717, 1.165) is 11.3 Å². The van der Waals surface area contributed by atoms with Crippen molar-refractivity contribution in [3.63, 3.8) is 0 Å². The molecule has 7 heteroatoms. The third-order valence-corrected chi connectivity index (χ3v) is 5.68. The summed E-state index contributed by atoms with van der Waals surface area (Å²) >= 11 is 1.68. The summed E-state index contributed by atoms with van der Waals surface area (Å²) in [6, 6.07) is 12.2. The second-order valence-corrected chi connectivity index (χ2v) is 8.00. The number of carbonyl (C=O) groups is 1. The fourth-order valence-electron chi connectivity index (χ4n) is 2.25. The summed E-state index contributed by atoms with van der Waals surface area (Å²) in [6.45, 7) is 1.71. The van der Waals surface area contributed by atoms with Gasteiger partial charge in [-0.3, -0.25) is 4.79 Å². The maximum atomic E-state index is 12.4. The molecule has 2 rings (SSSR count). The van der Waals surface area contributed by atoms with E-state index in [1.807, 2.05) is 24.5 Å². The lowest BCUT2D eigenvalue weighted by atomic mass is 10.1. The van der Waals surface area contributed by atoms with Crippen LogP contribution in [0.2, 0.25) is 0 Å². The van der Waals surface area contributed by atoms with Crippen LogP contribution in [0.4, 0.5) is 5.69 Å². The summed E-state index contributed by atoms with van der Waals surface area (Å²) in [5.74, 6) is 0.561. The molecule has 128 valence electrons. The summed E-state index contributed by atoms with van der Waals surface area (Å²) in [5.41, 5.74) is 2.66. The van der Waals surface area contributed by atoms with Gasteiger partial charge in [-0.2, -0.15) is 11.8 Å². The van der Waals surface area contributed by atoms with Crippen LogP contribution in [0.25, 0.3) is 0 Å². The van der Waals surface area contributed by atoms with Gasteiger partial charge in [0.05, 0.1) is 4.90 Å². The Balaban J connectivity index is 2.27. The first-order valence-corrected chi connectivity index (χ1v) is 10.2. The lowest BCUT2D eigenvalue weighted by Gasteiger charge is -2.11. The molecule has 0 aliphatic heterocycles. The predicted molar refractivity (Wildman–Crippen MR) is 99.0 cm³/mol. The number of thioether (sulfide) groups is 1. The van der Waals surface area contributed by atoms with Crippen molar-refractivity contribution in [3.05, 3.63) is 59.2 Å². The molecular formula is C17H20N2O3S2. The largest absolute Gasteiger partial charge is 0.322 e. The Morgan fingerprint density at radius 1 is 1.17 bits per heavy atom. The highest BCUT2D eigenvalue weighted by molar-refractivity contribution is 7.97. The van der Waals surface area contributed by atoms with Crippen LogP contribution in [0.5, 0.6) is 0 Å². The van der Waals surface area contributed by atoms with Crippen LogP contribution in [0, 0.1) is 6.92 Å². The SMILES string of the molecule is CNS(=O)(=O)c1cc(NC(=O)c2cccc(CSC)c2)ccc1C. The van der Waals surface area contributed by atoms with E-state index in [0.29, 0.717) is 16.8 Å². The zero-order chi connectivity index (χ0) is 17.7. The van der Waals surface area contributed by atoms with Gasteiger partial charge in [0.1, 0.15) is 0 Å². The molecule has 0 unspecified atom stereocenters. The molecule has 0 heterocycles. The lowest BCUT2D eigenvalue weighted by Crippen LogP contribution is -2.20. The molecule has 0 bridgehead atoms. The summed E-state index contributed by atoms with van der Waals surface area (Å²) < 4.78 is 26.3. The third-order valence-electron chi connectivity index (χ3n) is 3.50. The Bertz CT molecular complexity index is 849. The molecule has 0 aliphatic rings. The number of aryl methyl sites for hydroxylation is 1. The Labute approximate surface area is 146 Å². The van der Waals surface area contributed by atoms with Crippen LogP contribution in [-0.4, -0.2) is 27.6 Å². The minimum atomic E-state index is -3.57. The second-order valence-electron chi connectivity index (χ2n) is 5.28. The van der Waals surface area contributed by atoms with Crippen molar-refractivity contribution in [1.82, 2.24) is 4.72 Å². The zero-order valence-electron chi connectivity index (χ0n) is 13.8. The van der Waals surface area contributed by atoms with E-state index in [9.17, 15) is 13.2 Å². The van der Waals surface area contributed by atoms with E-state index in [2.05, 4.69) is 10.0 Å². The number of sulfonamides is 1. The lowest BCUT2D eigenvalue weighted by molar-refractivity contribution is 0.102. The summed E-state index contributed by atoms with van der Waals surface area (Å²) in [6.07, 6.45) is 2.00. The van der Waals surface area contributed by atoms with Gasteiger partial charge in [0.15, 0.2) is 0 Å². The van der Waals surface area contributed by atoms with Gasteiger partial charge >= 0.3 is 0 Å². The van der Waals surface area contributed by atoms with Gasteiger partial charge in [0.25, 0.3) is 5.91 Å². The number of amides is 1. The normalized spacial score (nSPS) is 11.3. The minimum absolute atomic E-state index is 0.152. The Kier molecular flexibility index (Phi) is 6.04. The standard InChI is InChI=1S/C17H20N2O3S2/c1-12-7-8-15(10-16(12)24(21,22)18-2)19-17(20)14-6-4-5-13(9-14)11-23-3/h4-10,18H,11H2,1-3H3,(H,19,20). The average molecular weight is 364 g/mol. The number of benzene rings is 2. The quantitative estimate of drug-likeness (QED) is 0.826. The van der Waals surface area contributed by atoms with Crippen molar-refractivity contribution in [1.29, 1.82) is 0 Å². The molecule has 1 amide bonds. The van der Waals surface area contributed by atoms with Crippen LogP contribution in [-0.2, 0) is 15.8 Å². The Morgan fingerprint density at radius 2 is 1.92 bits per heavy atom. The molecule has 5 nitrogen and oxygen atoms in total.